The molecule has 0 heterocycles. The lowest BCUT2D eigenvalue weighted by molar-refractivity contribution is -0.122. The van der Waals surface area contributed by atoms with Gasteiger partial charge in [0.15, 0.2) is 0 Å². The SMILES string of the molecule is NC(Cc1ccc(O)cc1)C(=O)NCC1CCC1. The van der Waals surface area contributed by atoms with Crippen LogP contribution in [0.15, 0.2) is 24.3 Å². The van der Waals surface area contributed by atoms with Gasteiger partial charge >= 0.3 is 0 Å². The Morgan fingerprint density at radius 2 is 2.06 bits per heavy atom. The predicted molar refractivity (Wildman–Crippen MR) is 70.1 cm³/mol. The lowest BCUT2D eigenvalue weighted by Gasteiger charge is -2.26. The van der Waals surface area contributed by atoms with Crippen LogP contribution in [0.25, 0.3) is 0 Å². The van der Waals surface area contributed by atoms with Crippen molar-refractivity contribution in [2.75, 3.05) is 6.54 Å². The fraction of sp³-hybridized carbons (Fsp3) is 0.500. The Bertz CT molecular complexity index is 399. The summed E-state index contributed by atoms with van der Waals surface area (Å²) >= 11 is 0. The summed E-state index contributed by atoms with van der Waals surface area (Å²) in [5.41, 5.74) is 6.82. The lowest BCUT2D eigenvalue weighted by Crippen LogP contribution is -2.44. The molecular formula is C14H20N2O2. The largest absolute Gasteiger partial charge is 0.508 e. The van der Waals surface area contributed by atoms with Gasteiger partial charge in [-0.25, -0.2) is 0 Å². The van der Waals surface area contributed by atoms with E-state index < -0.39 is 6.04 Å². The van der Waals surface area contributed by atoms with Crippen LogP contribution in [-0.2, 0) is 11.2 Å². The van der Waals surface area contributed by atoms with E-state index in [1.165, 1.54) is 19.3 Å². The molecule has 1 aliphatic rings. The quantitative estimate of drug-likeness (QED) is 0.732. The van der Waals surface area contributed by atoms with E-state index >= 15 is 0 Å². The predicted octanol–water partition coefficient (Wildman–Crippen LogP) is 1.18. The summed E-state index contributed by atoms with van der Waals surface area (Å²) in [6, 6.07) is 6.26. The molecule has 1 fully saturated rings. The molecule has 4 nitrogen and oxygen atoms in total. The average Bonchev–Trinajstić information content (AvgIpc) is 2.30. The first-order valence-corrected chi connectivity index (χ1v) is 6.46. The van der Waals surface area contributed by atoms with Crippen LogP contribution in [0.1, 0.15) is 24.8 Å². The van der Waals surface area contributed by atoms with Gasteiger partial charge in [-0.3, -0.25) is 4.79 Å². The van der Waals surface area contributed by atoms with E-state index in [2.05, 4.69) is 5.32 Å². The van der Waals surface area contributed by atoms with Crippen molar-refractivity contribution >= 4 is 5.91 Å². The second-order valence-electron chi connectivity index (χ2n) is 5.02. The average molecular weight is 248 g/mol. The van der Waals surface area contributed by atoms with E-state index in [1.54, 1.807) is 24.3 Å². The number of phenols is 1. The number of nitrogens with two attached hydrogens (primary N) is 1. The molecule has 1 aromatic carbocycles. The summed E-state index contributed by atoms with van der Waals surface area (Å²) in [6.45, 7) is 0.752. The van der Waals surface area contributed by atoms with Crippen molar-refractivity contribution in [3.05, 3.63) is 29.8 Å². The molecule has 0 aromatic heterocycles. The molecule has 0 aliphatic heterocycles. The Balaban J connectivity index is 1.77. The summed E-state index contributed by atoms with van der Waals surface area (Å²) < 4.78 is 0. The van der Waals surface area contributed by atoms with Crippen LogP contribution in [0.2, 0.25) is 0 Å². The molecule has 0 saturated heterocycles. The summed E-state index contributed by atoms with van der Waals surface area (Å²) in [4.78, 5) is 11.8. The van der Waals surface area contributed by atoms with Crippen molar-refractivity contribution in [3.8, 4) is 5.75 Å². The summed E-state index contributed by atoms with van der Waals surface area (Å²) in [5, 5.41) is 12.1. The first-order chi connectivity index (χ1) is 8.65. The number of hydrogen-bond acceptors (Lipinski definition) is 3. The normalized spacial score (nSPS) is 16.9. The maximum atomic E-state index is 11.8. The lowest BCUT2D eigenvalue weighted by atomic mass is 9.85. The molecule has 0 radical (unpaired) electrons. The van der Waals surface area contributed by atoms with Gasteiger partial charge in [0.2, 0.25) is 5.91 Å². The van der Waals surface area contributed by atoms with Crippen LogP contribution in [0.5, 0.6) is 5.75 Å². The Labute approximate surface area is 107 Å². The van der Waals surface area contributed by atoms with E-state index in [0.29, 0.717) is 12.3 Å². The van der Waals surface area contributed by atoms with Crippen molar-refractivity contribution in [2.45, 2.75) is 31.7 Å². The number of benzene rings is 1. The zero-order valence-corrected chi connectivity index (χ0v) is 10.4. The molecule has 1 unspecified atom stereocenters. The van der Waals surface area contributed by atoms with Gasteiger partial charge in [-0.1, -0.05) is 18.6 Å². The molecule has 1 aromatic rings. The van der Waals surface area contributed by atoms with Crippen LogP contribution in [-0.4, -0.2) is 23.6 Å². The Kier molecular flexibility index (Phi) is 4.20. The van der Waals surface area contributed by atoms with Gasteiger partial charge in [-0.15, -0.1) is 0 Å². The molecule has 1 aliphatic carbocycles. The highest BCUT2D eigenvalue weighted by Gasteiger charge is 2.20. The number of aromatic hydroxyl groups is 1. The smallest absolute Gasteiger partial charge is 0.237 e. The van der Waals surface area contributed by atoms with Crippen LogP contribution < -0.4 is 11.1 Å². The summed E-state index contributed by atoms with van der Waals surface area (Å²) in [7, 11) is 0. The maximum Gasteiger partial charge on any atom is 0.237 e. The van der Waals surface area contributed by atoms with Crippen molar-refractivity contribution in [1.82, 2.24) is 5.32 Å². The number of hydrogen-bond donors (Lipinski definition) is 3. The van der Waals surface area contributed by atoms with Crippen molar-refractivity contribution < 1.29 is 9.90 Å². The maximum absolute atomic E-state index is 11.8. The third kappa shape index (κ3) is 3.47. The highest BCUT2D eigenvalue weighted by Crippen LogP contribution is 2.25. The first-order valence-electron chi connectivity index (χ1n) is 6.46. The molecule has 1 amide bonds. The highest BCUT2D eigenvalue weighted by molar-refractivity contribution is 5.81. The minimum Gasteiger partial charge on any atom is -0.508 e. The van der Waals surface area contributed by atoms with Crippen molar-refractivity contribution in [2.24, 2.45) is 11.7 Å². The van der Waals surface area contributed by atoms with Crippen LogP contribution in [0.3, 0.4) is 0 Å². The molecule has 98 valence electrons. The third-order valence-corrected chi connectivity index (χ3v) is 3.52. The van der Waals surface area contributed by atoms with Crippen LogP contribution >= 0.6 is 0 Å². The molecule has 18 heavy (non-hydrogen) atoms. The fourth-order valence-electron chi connectivity index (χ4n) is 2.05. The van der Waals surface area contributed by atoms with Crippen molar-refractivity contribution in [3.63, 3.8) is 0 Å². The Morgan fingerprint density at radius 3 is 2.61 bits per heavy atom. The Morgan fingerprint density at radius 1 is 1.39 bits per heavy atom. The molecular weight excluding hydrogens is 228 g/mol. The topological polar surface area (TPSA) is 75.3 Å². The van der Waals surface area contributed by atoms with E-state index in [0.717, 1.165) is 12.1 Å². The van der Waals surface area contributed by atoms with Gasteiger partial charge in [0.25, 0.3) is 0 Å². The van der Waals surface area contributed by atoms with Gasteiger partial charge in [0, 0.05) is 6.54 Å². The molecule has 1 atom stereocenters. The number of amides is 1. The molecule has 1 saturated carbocycles. The van der Waals surface area contributed by atoms with Crippen LogP contribution in [0, 0.1) is 5.92 Å². The van der Waals surface area contributed by atoms with Gasteiger partial charge in [0.1, 0.15) is 5.75 Å². The van der Waals surface area contributed by atoms with Gasteiger partial charge in [-0.2, -0.15) is 0 Å². The standard InChI is InChI=1S/C14H20N2O2/c15-13(8-10-4-6-12(17)7-5-10)14(18)16-9-11-2-1-3-11/h4-7,11,13,17H,1-3,8-9,15H2,(H,16,18). The number of carbonyl (C=O) groups excluding carboxylic acids is 1. The van der Waals surface area contributed by atoms with Gasteiger partial charge in [0.05, 0.1) is 6.04 Å². The molecule has 0 spiro atoms. The van der Waals surface area contributed by atoms with E-state index in [-0.39, 0.29) is 11.7 Å². The second-order valence-corrected chi connectivity index (χ2v) is 5.02. The van der Waals surface area contributed by atoms with Gasteiger partial charge < -0.3 is 16.2 Å². The zero-order valence-electron chi connectivity index (χ0n) is 10.4. The number of phenolic OH excluding ortho intramolecular Hbond substituents is 1. The van der Waals surface area contributed by atoms with Crippen LogP contribution in [0.4, 0.5) is 0 Å². The fourth-order valence-corrected chi connectivity index (χ4v) is 2.05. The van der Waals surface area contributed by atoms with Crippen molar-refractivity contribution in [1.29, 1.82) is 0 Å². The summed E-state index contributed by atoms with van der Waals surface area (Å²) in [6.07, 6.45) is 4.21. The van der Waals surface area contributed by atoms with E-state index in [4.69, 9.17) is 10.8 Å². The number of rotatable bonds is 5. The monoisotopic (exact) mass is 248 g/mol. The number of carbonyl (C=O) groups is 1. The minimum atomic E-state index is -0.519. The first kappa shape index (κ1) is 12.9. The minimum absolute atomic E-state index is 0.0880. The third-order valence-electron chi connectivity index (χ3n) is 3.52. The Hall–Kier alpha value is -1.55. The highest BCUT2D eigenvalue weighted by atomic mass is 16.3. The molecule has 0 bridgehead atoms. The van der Waals surface area contributed by atoms with E-state index in [9.17, 15) is 4.79 Å². The number of nitrogens with one attached hydrogen (secondary N) is 1. The van der Waals surface area contributed by atoms with E-state index in [1.807, 2.05) is 0 Å². The molecule has 2 rings (SSSR count). The summed E-state index contributed by atoms with van der Waals surface area (Å²) in [5.74, 6) is 0.784. The van der Waals surface area contributed by atoms with Gasteiger partial charge in [-0.05, 0) is 42.9 Å². The zero-order chi connectivity index (χ0) is 13.0. The second kappa shape index (κ2) is 5.87. The molecule has 4 heteroatoms. The molecule has 4 N–H and O–H groups in total.